The van der Waals surface area contributed by atoms with E-state index in [1.807, 2.05) is 24.8 Å². The predicted molar refractivity (Wildman–Crippen MR) is 94.1 cm³/mol. The number of aryl methyl sites for hydroxylation is 1. The first-order valence-corrected chi connectivity index (χ1v) is 6.96. The lowest BCUT2D eigenvalue weighted by molar-refractivity contribution is 0.00528. The van der Waals surface area contributed by atoms with Crippen LogP contribution in [-0.2, 0) is 17.8 Å². The fourth-order valence-electron chi connectivity index (χ4n) is 2.25. The summed E-state index contributed by atoms with van der Waals surface area (Å²) in [6.07, 6.45) is 1.94. The van der Waals surface area contributed by atoms with Crippen molar-refractivity contribution in [2.24, 2.45) is 10.7 Å². The Morgan fingerprint density at radius 1 is 1.57 bits per heavy atom. The smallest absolute Gasteiger partial charge is 0.255 e. The van der Waals surface area contributed by atoms with E-state index in [0.29, 0.717) is 31.2 Å². The Kier molecular flexibility index (Phi) is 7.16. The monoisotopic (exact) mass is 406 g/mol. The summed E-state index contributed by atoms with van der Waals surface area (Å²) in [7, 11) is 0. The molecule has 0 saturated carbocycles. The Hall–Kier alpha value is -1.09. The van der Waals surface area contributed by atoms with Crippen LogP contribution in [0.5, 0.6) is 0 Å². The van der Waals surface area contributed by atoms with Gasteiger partial charge in [0.05, 0.1) is 19.3 Å². The second kappa shape index (κ2) is 8.38. The molecule has 1 aromatic rings. The van der Waals surface area contributed by atoms with Crippen LogP contribution in [0.2, 0.25) is 0 Å². The van der Waals surface area contributed by atoms with Gasteiger partial charge in [0.2, 0.25) is 0 Å². The van der Waals surface area contributed by atoms with Gasteiger partial charge in [-0.05, 0) is 19.9 Å². The minimum Gasteiger partial charge on any atom is -0.375 e. The highest BCUT2D eigenvalue weighted by Crippen LogP contribution is 2.04. The second-order valence-corrected chi connectivity index (χ2v) is 4.93. The van der Waals surface area contributed by atoms with Crippen LogP contribution in [0.1, 0.15) is 19.4 Å². The van der Waals surface area contributed by atoms with E-state index < -0.39 is 0 Å². The molecule has 0 radical (unpaired) electrons. The molecule has 1 unspecified atom stereocenters. The van der Waals surface area contributed by atoms with Gasteiger partial charge in [0.15, 0.2) is 5.96 Å². The molecule has 0 aliphatic carbocycles. The van der Waals surface area contributed by atoms with Crippen molar-refractivity contribution in [3.8, 4) is 0 Å². The molecule has 2 N–H and O–H groups in total. The van der Waals surface area contributed by atoms with E-state index in [-0.39, 0.29) is 35.6 Å². The number of nitrogens with zero attached hydrogens (tertiary/aromatic N) is 3. The number of nitrogens with two attached hydrogens (primary N) is 1. The number of morpholine rings is 1. The minimum absolute atomic E-state index is 0. The van der Waals surface area contributed by atoms with Crippen LogP contribution in [0, 0.1) is 0 Å². The van der Waals surface area contributed by atoms with Crippen molar-refractivity contribution in [1.29, 1.82) is 0 Å². The lowest BCUT2D eigenvalue weighted by Gasteiger charge is -2.31. The molecule has 1 aromatic heterocycles. The Balaban J connectivity index is 0.00000220. The van der Waals surface area contributed by atoms with Crippen molar-refractivity contribution in [2.45, 2.75) is 33.0 Å². The fourth-order valence-corrected chi connectivity index (χ4v) is 2.25. The van der Waals surface area contributed by atoms with Gasteiger partial charge in [-0.25, -0.2) is 4.99 Å². The van der Waals surface area contributed by atoms with Crippen LogP contribution in [-0.4, -0.2) is 41.2 Å². The summed E-state index contributed by atoms with van der Waals surface area (Å²) in [4.78, 5) is 18.4. The van der Waals surface area contributed by atoms with Gasteiger partial charge in [-0.2, -0.15) is 0 Å². The maximum atomic E-state index is 12.1. The first-order valence-electron chi connectivity index (χ1n) is 6.96. The molecule has 21 heavy (non-hydrogen) atoms. The Morgan fingerprint density at radius 3 is 3.00 bits per heavy atom. The van der Waals surface area contributed by atoms with E-state index in [4.69, 9.17) is 10.5 Å². The minimum atomic E-state index is 0. The first kappa shape index (κ1) is 18.0. The van der Waals surface area contributed by atoms with Crippen LogP contribution >= 0.6 is 24.0 Å². The number of guanidine groups is 1. The van der Waals surface area contributed by atoms with Gasteiger partial charge in [0, 0.05) is 31.4 Å². The Bertz CT molecular complexity index is 544. The standard InChI is InChI=1S/C14H22N4O2.HI/c1-3-17-6-4-5-12(13(17)19)9-16-14(15)18-7-8-20-11(2)10-18;/h4-6,11H,3,7-10H2,1-2H3,(H2,15,16);1H. The molecular weight excluding hydrogens is 383 g/mol. The zero-order valence-electron chi connectivity index (χ0n) is 12.5. The number of hydrogen-bond acceptors (Lipinski definition) is 3. The van der Waals surface area contributed by atoms with Gasteiger partial charge < -0.3 is 19.9 Å². The van der Waals surface area contributed by atoms with Crippen molar-refractivity contribution >= 4 is 29.9 Å². The van der Waals surface area contributed by atoms with Gasteiger partial charge in [-0.1, -0.05) is 6.07 Å². The number of hydrogen-bond donors (Lipinski definition) is 1. The summed E-state index contributed by atoms with van der Waals surface area (Å²) >= 11 is 0. The van der Waals surface area contributed by atoms with Gasteiger partial charge >= 0.3 is 0 Å². The summed E-state index contributed by atoms with van der Waals surface area (Å²) in [5, 5.41) is 0. The number of aliphatic imine (C=N–C) groups is 1. The van der Waals surface area contributed by atoms with E-state index in [1.165, 1.54) is 0 Å². The van der Waals surface area contributed by atoms with E-state index in [9.17, 15) is 4.79 Å². The molecule has 0 bridgehead atoms. The number of halogens is 1. The summed E-state index contributed by atoms with van der Waals surface area (Å²) < 4.78 is 7.13. The molecule has 1 fully saturated rings. The molecule has 7 heteroatoms. The van der Waals surface area contributed by atoms with E-state index in [0.717, 1.165) is 13.1 Å². The SMILES string of the molecule is CCn1cccc(CN=C(N)N2CCOC(C)C2)c1=O.I. The maximum absolute atomic E-state index is 12.1. The average molecular weight is 406 g/mol. The van der Waals surface area contributed by atoms with Crippen molar-refractivity contribution in [1.82, 2.24) is 9.47 Å². The molecule has 0 amide bonds. The number of rotatable bonds is 3. The highest BCUT2D eigenvalue weighted by molar-refractivity contribution is 14.0. The molecule has 1 aliphatic heterocycles. The predicted octanol–water partition coefficient (Wildman–Crippen LogP) is 1.02. The molecule has 2 rings (SSSR count). The maximum Gasteiger partial charge on any atom is 0.255 e. The third kappa shape index (κ3) is 4.70. The quantitative estimate of drug-likeness (QED) is 0.462. The molecule has 1 atom stereocenters. The topological polar surface area (TPSA) is 72.8 Å². The molecule has 0 spiro atoms. The average Bonchev–Trinajstić information content (AvgIpc) is 2.46. The van der Waals surface area contributed by atoms with Crippen LogP contribution in [0.3, 0.4) is 0 Å². The molecule has 118 valence electrons. The summed E-state index contributed by atoms with van der Waals surface area (Å²) in [5.74, 6) is 0.478. The number of ether oxygens (including phenoxy) is 1. The van der Waals surface area contributed by atoms with Gasteiger partial charge in [-0.3, -0.25) is 4.79 Å². The fraction of sp³-hybridized carbons (Fsp3) is 0.571. The zero-order chi connectivity index (χ0) is 14.5. The van der Waals surface area contributed by atoms with Crippen LogP contribution in [0.15, 0.2) is 28.1 Å². The molecular formula is C14H23IN4O2. The third-order valence-corrected chi connectivity index (χ3v) is 3.42. The van der Waals surface area contributed by atoms with Crippen LogP contribution in [0.4, 0.5) is 0 Å². The van der Waals surface area contributed by atoms with Crippen molar-refractivity contribution in [2.75, 3.05) is 19.7 Å². The van der Waals surface area contributed by atoms with Crippen LogP contribution in [0.25, 0.3) is 0 Å². The number of aromatic nitrogens is 1. The molecule has 2 heterocycles. The van der Waals surface area contributed by atoms with Gasteiger partial charge in [-0.15, -0.1) is 24.0 Å². The zero-order valence-corrected chi connectivity index (χ0v) is 14.8. The summed E-state index contributed by atoms with van der Waals surface area (Å²) in [5.41, 5.74) is 6.66. The Morgan fingerprint density at radius 2 is 2.33 bits per heavy atom. The third-order valence-electron chi connectivity index (χ3n) is 3.42. The largest absolute Gasteiger partial charge is 0.375 e. The van der Waals surface area contributed by atoms with E-state index >= 15 is 0 Å². The normalized spacial score (nSPS) is 19.2. The molecule has 6 nitrogen and oxygen atoms in total. The van der Waals surface area contributed by atoms with Crippen LogP contribution < -0.4 is 11.3 Å². The summed E-state index contributed by atoms with van der Waals surface area (Å²) in [6.45, 7) is 7.07. The summed E-state index contributed by atoms with van der Waals surface area (Å²) in [6, 6.07) is 3.66. The van der Waals surface area contributed by atoms with Crippen molar-refractivity contribution in [3.63, 3.8) is 0 Å². The lowest BCUT2D eigenvalue weighted by atomic mass is 10.3. The van der Waals surface area contributed by atoms with E-state index in [2.05, 4.69) is 4.99 Å². The second-order valence-electron chi connectivity index (χ2n) is 4.93. The van der Waals surface area contributed by atoms with E-state index in [1.54, 1.807) is 16.8 Å². The number of pyridine rings is 1. The van der Waals surface area contributed by atoms with Crippen molar-refractivity contribution in [3.05, 3.63) is 34.2 Å². The molecule has 1 aliphatic rings. The highest BCUT2D eigenvalue weighted by atomic mass is 127. The van der Waals surface area contributed by atoms with Gasteiger partial charge in [0.1, 0.15) is 0 Å². The molecule has 0 aromatic carbocycles. The Labute approximate surface area is 142 Å². The van der Waals surface area contributed by atoms with Crippen molar-refractivity contribution < 1.29 is 4.74 Å². The highest BCUT2D eigenvalue weighted by Gasteiger charge is 2.17. The van der Waals surface area contributed by atoms with Gasteiger partial charge in [0.25, 0.3) is 5.56 Å². The lowest BCUT2D eigenvalue weighted by Crippen LogP contribution is -2.47. The first-order chi connectivity index (χ1) is 9.61. The molecule has 1 saturated heterocycles.